The van der Waals surface area contributed by atoms with Crippen LogP contribution < -0.4 is 0 Å². The number of carbonyl (C=O) groups excluding carboxylic acids is 1. The van der Waals surface area contributed by atoms with Gasteiger partial charge in [0.2, 0.25) is 10.0 Å². The predicted octanol–water partition coefficient (Wildman–Crippen LogP) is 3.26. The molecule has 0 aromatic heterocycles. The van der Waals surface area contributed by atoms with E-state index in [1.54, 1.807) is 28.2 Å². The maximum Gasteiger partial charge on any atom is 0.254 e. The summed E-state index contributed by atoms with van der Waals surface area (Å²) in [5.41, 5.74) is 2.09. The van der Waals surface area contributed by atoms with Crippen LogP contribution in [0.3, 0.4) is 0 Å². The van der Waals surface area contributed by atoms with E-state index in [0.717, 1.165) is 35.7 Å². The minimum atomic E-state index is -3.66. The topological polar surface area (TPSA) is 60.9 Å². The lowest BCUT2D eigenvalue weighted by atomic mass is 10.0. The first-order valence-electron chi connectivity index (χ1n) is 11.2. The second-order valence-corrected chi connectivity index (χ2v) is 11.7. The molecule has 2 aliphatic heterocycles. The van der Waals surface area contributed by atoms with E-state index in [9.17, 15) is 13.2 Å². The highest BCUT2D eigenvalue weighted by atomic mass is 32.2. The Balaban J connectivity index is 1.69. The summed E-state index contributed by atoms with van der Waals surface area (Å²) in [6, 6.07) is 15.2. The van der Waals surface area contributed by atoms with Crippen molar-refractivity contribution in [2.45, 2.75) is 24.8 Å². The highest BCUT2D eigenvalue weighted by Crippen LogP contribution is 2.28. The molecule has 4 rings (SSSR count). The van der Waals surface area contributed by atoms with Crippen LogP contribution in [0.25, 0.3) is 11.1 Å². The summed E-state index contributed by atoms with van der Waals surface area (Å²) < 4.78 is 28.4. The summed E-state index contributed by atoms with van der Waals surface area (Å²) in [5, 5.41) is 0. The van der Waals surface area contributed by atoms with Crippen molar-refractivity contribution in [1.29, 1.82) is 0 Å². The summed E-state index contributed by atoms with van der Waals surface area (Å²) in [7, 11) is -3.66. The van der Waals surface area contributed by atoms with Gasteiger partial charge >= 0.3 is 0 Å². The van der Waals surface area contributed by atoms with Gasteiger partial charge in [-0.3, -0.25) is 9.69 Å². The maximum absolute atomic E-state index is 13.4. The van der Waals surface area contributed by atoms with E-state index in [0.29, 0.717) is 37.8 Å². The van der Waals surface area contributed by atoms with Crippen molar-refractivity contribution >= 4 is 27.7 Å². The highest BCUT2D eigenvalue weighted by molar-refractivity contribution is 7.99. The van der Waals surface area contributed by atoms with E-state index < -0.39 is 10.0 Å². The Morgan fingerprint density at radius 2 is 1.53 bits per heavy atom. The molecule has 32 heavy (non-hydrogen) atoms. The summed E-state index contributed by atoms with van der Waals surface area (Å²) in [5.74, 6) is 1.49. The number of nitrogens with zero attached hydrogens (tertiary/aromatic N) is 3. The van der Waals surface area contributed by atoms with Crippen molar-refractivity contribution in [2.75, 3.05) is 50.8 Å². The number of thioether (sulfide) groups is 1. The van der Waals surface area contributed by atoms with E-state index in [2.05, 4.69) is 18.7 Å². The average molecular weight is 474 g/mol. The number of piperazine rings is 1. The van der Waals surface area contributed by atoms with Gasteiger partial charge < -0.3 is 4.90 Å². The zero-order valence-corrected chi connectivity index (χ0v) is 20.4. The molecule has 172 valence electrons. The van der Waals surface area contributed by atoms with Gasteiger partial charge in [-0.2, -0.15) is 16.1 Å². The van der Waals surface area contributed by atoms with E-state index in [1.807, 2.05) is 41.3 Å². The fourth-order valence-corrected chi connectivity index (χ4v) is 6.88. The summed E-state index contributed by atoms with van der Waals surface area (Å²) >= 11 is 1.77. The number of benzene rings is 2. The smallest absolute Gasteiger partial charge is 0.254 e. The Labute approximate surface area is 195 Å². The molecule has 0 spiro atoms. The summed E-state index contributed by atoms with van der Waals surface area (Å²) in [4.78, 5) is 17.8. The van der Waals surface area contributed by atoms with E-state index in [4.69, 9.17) is 0 Å². The Morgan fingerprint density at radius 3 is 2.16 bits per heavy atom. The van der Waals surface area contributed by atoms with Crippen LogP contribution in [-0.2, 0) is 10.0 Å². The van der Waals surface area contributed by atoms with Gasteiger partial charge in [-0.15, -0.1) is 0 Å². The number of amides is 1. The third kappa shape index (κ3) is 5.03. The number of hydrogen-bond acceptors (Lipinski definition) is 5. The van der Waals surface area contributed by atoms with Gasteiger partial charge in [0, 0.05) is 62.4 Å². The molecule has 0 N–H and O–H groups in total. The molecule has 0 aliphatic carbocycles. The largest absolute Gasteiger partial charge is 0.336 e. The van der Waals surface area contributed by atoms with Crippen LogP contribution in [0.4, 0.5) is 0 Å². The van der Waals surface area contributed by atoms with Crippen LogP contribution in [0.5, 0.6) is 0 Å². The van der Waals surface area contributed by atoms with Crippen LogP contribution in [-0.4, -0.2) is 85.2 Å². The van der Waals surface area contributed by atoms with Crippen LogP contribution in [0.1, 0.15) is 24.2 Å². The fourth-order valence-electron chi connectivity index (χ4n) is 4.23. The van der Waals surface area contributed by atoms with Crippen molar-refractivity contribution in [2.24, 2.45) is 0 Å². The maximum atomic E-state index is 13.4. The molecule has 2 fully saturated rings. The zero-order chi connectivity index (χ0) is 22.7. The van der Waals surface area contributed by atoms with Gasteiger partial charge in [-0.25, -0.2) is 8.42 Å². The van der Waals surface area contributed by atoms with E-state index >= 15 is 0 Å². The molecule has 0 saturated carbocycles. The lowest BCUT2D eigenvalue weighted by Crippen LogP contribution is -2.50. The predicted molar refractivity (Wildman–Crippen MR) is 131 cm³/mol. The average Bonchev–Trinajstić information content (AvgIpc) is 2.84. The van der Waals surface area contributed by atoms with Gasteiger partial charge in [0.15, 0.2) is 0 Å². The third-order valence-corrected chi connectivity index (χ3v) is 9.02. The zero-order valence-electron chi connectivity index (χ0n) is 18.7. The molecule has 2 aromatic rings. The molecule has 2 heterocycles. The SMILES string of the molecule is CC(C)N1CCN(C(=O)c2cc(-c3ccccc3)cc(S(=O)(=O)N3CCSCC3)c2)CC1. The van der Waals surface area contributed by atoms with Gasteiger partial charge in [0.1, 0.15) is 0 Å². The minimum absolute atomic E-state index is 0.100. The molecule has 0 radical (unpaired) electrons. The normalized spacial score (nSPS) is 18.8. The van der Waals surface area contributed by atoms with Crippen molar-refractivity contribution in [1.82, 2.24) is 14.1 Å². The molecule has 1 amide bonds. The Kier molecular flexibility index (Phi) is 7.24. The highest BCUT2D eigenvalue weighted by Gasteiger charge is 2.29. The van der Waals surface area contributed by atoms with Gasteiger partial charge in [0.05, 0.1) is 4.90 Å². The standard InChI is InChI=1S/C24H31N3O3S2/c1-19(2)25-8-10-26(11-9-25)24(28)22-16-21(20-6-4-3-5-7-20)17-23(18-22)32(29,30)27-12-14-31-15-13-27/h3-7,16-19H,8-15H2,1-2H3. The van der Waals surface area contributed by atoms with E-state index in [-0.39, 0.29) is 10.8 Å². The number of rotatable bonds is 5. The molecule has 0 atom stereocenters. The Hall–Kier alpha value is -1.87. The summed E-state index contributed by atoms with van der Waals surface area (Å²) in [6.45, 7) is 8.30. The quantitative estimate of drug-likeness (QED) is 0.667. The minimum Gasteiger partial charge on any atom is -0.336 e. The molecule has 2 aromatic carbocycles. The van der Waals surface area contributed by atoms with Crippen LogP contribution >= 0.6 is 11.8 Å². The number of hydrogen-bond donors (Lipinski definition) is 0. The second kappa shape index (κ2) is 9.95. The van der Waals surface area contributed by atoms with Gasteiger partial charge in [-0.05, 0) is 43.2 Å². The van der Waals surface area contributed by atoms with Crippen LogP contribution in [0, 0.1) is 0 Å². The lowest BCUT2D eigenvalue weighted by Gasteiger charge is -2.37. The second-order valence-electron chi connectivity index (χ2n) is 8.55. The molecule has 0 bridgehead atoms. The van der Waals surface area contributed by atoms with Crippen molar-refractivity contribution in [3.8, 4) is 11.1 Å². The third-order valence-electron chi connectivity index (χ3n) is 6.20. The number of carbonyl (C=O) groups is 1. The Morgan fingerprint density at radius 1 is 0.875 bits per heavy atom. The molecule has 2 aliphatic rings. The molecular weight excluding hydrogens is 442 g/mol. The fraction of sp³-hybridized carbons (Fsp3) is 0.458. The molecule has 6 nitrogen and oxygen atoms in total. The van der Waals surface area contributed by atoms with Crippen LogP contribution in [0.15, 0.2) is 53.4 Å². The molecule has 2 saturated heterocycles. The molecular formula is C24H31N3O3S2. The monoisotopic (exact) mass is 473 g/mol. The van der Waals surface area contributed by atoms with Gasteiger partial charge in [0.25, 0.3) is 5.91 Å². The molecule has 8 heteroatoms. The lowest BCUT2D eigenvalue weighted by molar-refractivity contribution is 0.0595. The van der Waals surface area contributed by atoms with Crippen LogP contribution in [0.2, 0.25) is 0 Å². The van der Waals surface area contributed by atoms with E-state index in [1.165, 1.54) is 0 Å². The Bertz CT molecular complexity index is 1040. The number of sulfonamides is 1. The van der Waals surface area contributed by atoms with Crippen molar-refractivity contribution in [3.63, 3.8) is 0 Å². The summed E-state index contributed by atoms with van der Waals surface area (Å²) in [6.07, 6.45) is 0. The first-order valence-corrected chi connectivity index (χ1v) is 13.8. The van der Waals surface area contributed by atoms with Crippen molar-refractivity contribution < 1.29 is 13.2 Å². The first-order chi connectivity index (χ1) is 15.4. The van der Waals surface area contributed by atoms with Crippen molar-refractivity contribution in [3.05, 3.63) is 54.1 Å². The molecule has 0 unspecified atom stereocenters. The van der Waals surface area contributed by atoms with Gasteiger partial charge in [-0.1, -0.05) is 30.3 Å². The first kappa shape index (κ1) is 23.3.